The van der Waals surface area contributed by atoms with E-state index in [2.05, 4.69) is 36.7 Å². The van der Waals surface area contributed by atoms with Crippen LogP contribution in [0.25, 0.3) is 22.2 Å². The minimum Gasteiger partial charge on any atom is -0.508 e. The van der Waals surface area contributed by atoms with E-state index in [0.29, 0.717) is 36.5 Å². The highest BCUT2D eigenvalue weighted by Gasteiger charge is 2.45. The monoisotopic (exact) mass is 636 g/mol. The van der Waals surface area contributed by atoms with Gasteiger partial charge in [0.05, 0.1) is 17.5 Å². The number of likely N-dealkylation sites (N-methyl/N-ethyl adjacent to an activating group) is 1. The first kappa shape index (κ1) is 33.8. The van der Waals surface area contributed by atoms with Gasteiger partial charge >= 0.3 is 6.01 Å². The van der Waals surface area contributed by atoms with Crippen LogP contribution < -0.4 is 15.0 Å². The third kappa shape index (κ3) is 7.86. The van der Waals surface area contributed by atoms with E-state index in [1.54, 1.807) is 19.2 Å². The quantitative estimate of drug-likeness (QED) is 0.295. The van der Waals surface area contributed by atoms with E-state index in [-0.39, 0.29) is 34.0 Å². The molecule has 0 radical (unpaired) electrons. The highest BCUT2D eigenvalue weighted by molar-refractivity contribution is 5.92. The Kier molecular flexibility index (Phi) is 10.9. The molecule has 2 aromatic heterocycles. The van der Waals surface area contributed by atoms with Crippen LogP contribution in [0.15, 0.2) is 24.4 Å². The maximum absolute atomic E-state index is 16.2. The molecule has 2 N–H and O–H groups in total. The molecule has 1 aromatic carbocycles. The van der Waals surface area contributed by atoms with Gasteiger partial charge in [0.15, 0.2) is 5.82 Å². The number of anilines is 1. The minimum atomic E-state index is -0.532. The molecule has 3 saturated heterocycles. The van der Waals surface area contributed by atoms with Crippen LogP contribution in [0, 0.1) is 12.7 Å². The van der Waals surface area contributed by atoms with E-state index in [9.17, 15) is 9.90 Å². The Hall–Kier alpha value is -3.57. The topological polar surface area (TPSA) is 113 Å². The minimum absolute atomic E-state index is 0.0371. The number of phenolic OH excluding ortho intramolecular Hbond substituents is 1. The molecule has 1 atom stereocenters. The normalized spacial score (nSPS) is 21.5. The molecule has 0 unspecified atom stereocenters. The van der Waals surface area contributed by atoms with Gasteiger partial charge in [-0.1, -0.05) is 19.3 Å². The van der Waals surface area contributed by atoms with Gasteiger partial charge < -0.3 is 24.8 Å². The Bertz CT molecular complexity index is 1470. The molecular formula is C35H49FN6O4. The molecule has 0 spiro atoms. The molecule has 4 aliphatic rings. The molecule has 3 aliphatic heterocycles. The summed E-state index contributed by atoms with van der Waals surface area (Å²) in [6.45, 7) is 11.0. The van der Waals surface area contributed by atoms with Crippen LogP contribution >= 0.6 is 0 Å². The average Bonchev–Trinajstić information content (AvgIpc) is 3.79. The number of carbonyl (C=O) groups is 1. The molecule has 46 heavy (non-hydrogen) atoms. The molecule has 0 amide bonds. The van der Waals surface area contributed by atoms with Gasteiger partial charge in [-0.25, -0.2) is 4.39 Å². The van der Waals surface area contributed by atoms with E-state index in [1.807, 2.05) is 20.0 Å². The van der Waals surface area contributed by atoms with Crippen LogP contribution in [0.2, 0.25) is 0 Å². The SMILES string of the molecule is C1CC1.CCOC=O.CN[C@]1(C)CCCN(c2nc(OCC34CCCN3CCC4)nc3c(F)c(-c4cc(C)cc(O)c4)ncc23)C1. The molecule has 7 rings (SSSR count). The maximum Gasteiger partial charge on any atom is 0.319 e. The Morgan fingerprint density at radius 3 is 2.37 bits per heavy atom. The summed E-state index contributed by atoms with van der Waals surface area (Å²) in [5.74, 6) is 0.199. The molecule has 1 aliphatic carbocycles. The smallest absolute Gasteiger partial charge is 0.319 e. The van der Waals surface area contributed by atoms with Crippen LogP contribution in [0.1, 0.15) is 77.2 Å². The Morgan fingerprint density at radius 1 is 1.04 bits per heavy atom. The zero-order chi connectivity index (χ0) is 32.7. The number of piperidine rings is 1. The predicted molar refractivity (Wildman–Crippen MR) is 178 cm³/mol. The summed E-state index contributed by atoms with van der Waals surface area (Å²) in [5, 5.41) is 14.1. The number of ether oxygens (including phenoxy) is 2. The summed E-state index contributed by atoms with van der Waals surface area (Å²) in [5.41, 5.74) is 1.65. The number of halogens is 1. The predicted octanol–water partition coefficient (Wildman–Crippen LogP) is 5.78. The number of nitrogens with one attached hydrogen (secondary N) is 1. The van der Waals surface area contributed by atoms with Gasteiger partial charge in [0.2, 0.25) is 0 Å². The van der Waals surface area contributed by atoms with Crippen LogP contribution in [-0.4, -0.2) is 88.9 Å². The van der Waals surface area contributed by atoms with Gasteiger partial charge in [-0.15, -0.1) is 0 Å². The third-order valence-corrected chi connectivity index (χ3v) is 9.45. The fraction of sp³-hybridized carbons (Fsp3) is 0.600. The molecular weight excluding hydrogens is 587 g/mol. The number of fused-ring (bicyclic) bond motifs is 2. The van der Waals surface area contributed by atoms with Crippen molar-refractivity contribution < 1.29 is 23.8 Å². The summed E-state index contributed by atoms with van der Waals surface area (Å²) in [6, 6.07) is 5.19. The molecule has 10 nitrogen and oxygen atoms in total. The van der Waals surface area contributed by atoms with Gasteiger partial charge in [-0.2, -0.15) is 9.97 Å². The standard InChI is InChI=1S/C29H37FN6O2.C3H6O2.C3H6/c1-19-13-20(15-21(37)14-19)24-23(30)25-22(16-32-24)26(35-10-4-7-28(2,17-35)31-3)34-27(33-25)38-18-29-8-5-11-36(29)12-6-9-29;1-2-5-3-4;1-2-3-1/h13-16,31,37H,4-12,17-18H2,1-3H3;3H,2H2,1H3;1-3H2/t28-;;/m1../s1. The molecule has 5 heterocycles. The Morgan fingerprint density at radius 2 is 1.76 bits per heavy atom. The summed E-state index contributed by atoms with van der Waals surface area (Å²) in [4.78, 5) is 27.9. The largest absolute Gasteiger partial charge is 0.508 e. The lowest BCUT2D eigenvalue weighted by atomic mass is 9.91. The second-order valence-electron chi connectivity index (χ2n) is 13.2. The number of pyridine rings is 1. The fourth-order valence-corrected chi connectivity index (χ4v) is 6.78. The first-order chi connectivity index (χ1) is 22.2. The van der Waals surface area contributed by atoms with E-state index in [1.165, 1.54) is 38.2 Å². The summed E-state index contributed by atoms with van der Waals surface area (Å²) < 4.78 is 26.7. The first-order valence-electron chi connectivity index (χ1n) is 16.7. The van der Waals surface area contributed by atoms with Crippen molar-refractivity contribution in [1.29, 1.82) is 0 Å². The number of hydrogen-bond donors (Lipinski definition) is 2. The van der Waals surface area contributed by atoms with Gasteiger partial charge in [0.1, 0.15) is 29.4 Å². The number of aryl methyl sites for hydroxylation is 1. The van der Waals surface area contributed by atoms with E-state index in [0.717, 1.165) is 57.4 Å². The second-order valence-corrected chi connectivity index (χ2v) is 13.2. The van der Waals surface area contributed by atoms with Gasteiger partial charge in [0, 0.05) is 30.4 Å². The van der Waals surface area contributed by atoms with Crippen molar-refractivity contribution in [3.63, 3.8) is 0 Å². The van der Waals surface area contributed by atoms with Gasteiger partial charge in [0.25, 0.3) is 6.47 Å². The number of aromatic nitrogens is 3. The number of benzene rings is 1. The van der Waals surface area contributed by atoms with E-state index >= 15 is 4.39 Å². The van der Waals surface area contributed by atoms with Crippen molar-refractivity contribution in [2.45, 2.75) is 89.6 Å². The van der Waals surface area contributed by atoms with Crippen molar-refractivity contribution >= 4 is 23.2 Å². The van der Waals surface area contributed by atoms with Crippen molar-refractivity contribution in [2.75, 3.05) is 51.3 Å². The van der Waals surface area contributed by atoms with Crippen molar-refractivity contribution in [1.82, 2.24) is 25.2 Å². The highest BCUT2D eigenvalue weighted by atomic mass is 19.1. The van der Waals surface area contributed by atoms with Gasteiger partial charge in [-0.05, 0) is 103 Å². The number of hydrogen-bond acceptors (Lipinski definition) is 10. The first-order valence-corrected chi connectivity index (χ1v) is 16.7. The highest BCUT2D eigenvalue weighted by Crippen LogP contribution is 2.40. The number of rotatable bonds is 8. The van der Waals surface area contributed by atoms with E-state index < -0.39 is 5.82 Å². The van der Waals surface area contributed by atoms with Gasteiger partial charge in [-0.3, -0.25) is 14.7 Å². The molecule has 0 bridgehead atoms. The van der Waals surface area contributed by atoms with Crippen LogP contribution in [0.5, 0.6) is 11.8 Å². The number of nitrogens with zero attached hydrogens (tertiary/aromatic N) is 5. The molecule has 250 valence electrons. The molecule has 11 heteroatoms. The maximum atomic E-state index is 16.2. The zero-order valence-electron chi connectivity index (χ0n) is 27.8. The summed E-state index contributed by atoms with van der Waals surface area (Å²) in [7, 11) is 1.98. The van der Waals surface area contributed by atoms with Crippen LogP contribution in [-0.2, 0) is 9.53 Å². The van der Waals surface area contributed by atoms with Crippen LogP contribution in [0.4, 0.5) is 10.2 Å². The number of carbonyl (C=O) groups excluding carboxylic acids is 1. The number of aromatic hydroxyl groups is 1. The molecule has 1 saturated carbocycles. The fourth-order valence-electron chi connectivity index (χ4n) is 6.78. The Balaban J connectivity index is 0.000000462. The molecule has 4 fully saturated rings. The van der Waals surface area contributed by atoms with Crippen LogP contribution in [0.3, 0.4) is 0 Å². The van der Waals surface area contributed by atoms with Crippen molar-refractivity contribution in [3.8, 4) is 23.0 Å². The Labute approximate surface area is 271 Å². The summed E-state index contributed by atoms with van der Waals surface area (Å²) >= 11 is 0. The molecule has 3 aromatic rings. The lowest BCUT2D eigenvalue weighted by molar-refractivity contribution is -0.128. The lowest BCUT2D eigenvalue weighted by Crippen LogP contribution is -2.54. The second kappa shape index (κ2) is 14.9. The average molecular weight is 637 g/mol. The van der Waals surface area contributed by atoms with Crippen molar-refractivity contribution in [3.05, 3.63) is 35.8 Å². The zero-order valence-corrected chi connectivity index (χ0v) is 27.8. The lowest BCUT2D eigenvalue weighted by Gasteiger charge is -2.41. The number of phenols is 1. The third-order valence-electron chi connectivity index (χ3n) is 9.45. The van der Waals surface area contributed by atoms with E-state index in [4.69, 9.17) is 9.72 Å². The van der Waals surface area contributed by atoms with Crippen molar-refractivity contribution in [2.24, 2.45) is 0 Å². The summed E-state index contributed by atoms with van der Waals surface area (Å²) in [6.07, 6.45) is 12.8.